The third kappa shape index (κ3) is 2.78. The van der Waals surface area contributed by atoms with Crippen molar-refractivity contribution in [1.29, 1.82) is 0 Å². The highest BCUT2D eigenvalue weighted by Gasteiger charge is 2.32. The van der Waals surface area contributed by atoms with Gasteiger partial charge >= 0.3 is 12.1 Å². The molecule has 0 saturated heterocycles. The lowest BCUT2D eigenvalue weighted by Gasteiger charge is -2.07. The van der Waals surface area contributed by atoms with E-state index in [0.717, 1.165) is 41.3 Å². The second-order valence-electron chi connectivity index (χ2n) is 4.88. The van der Waals surface area contributed by atoms with Crippen molar-refractivity contribution in [2.75, 3.05) is 0 Å². The molecule has 1 saturated carbocycles. The predicted octanol–water partition coefficient (Wildman–Crippen LogP) is 4.40. The molecule has 21 heavy (non-hydrogen) atoms. The highest BCUT2D eigenvalue weighted by atomic mass is 32.1. The minimum Gasteiger partial charge on any atom is -0.477 e. The van der Waals surface area contributed by atoms with Crippen LogP contribution >= 0.6 is 11.3 Å². The summed E-state index contributed by atoms with van der Waals surface area (Å²) in [5.41, 5.74) is -0.118. The van der Waals surface area contributed by atoms with Gasteiger partial charge in [0.25, 0.3) is 0 Å². The Hall–Kier alpha value is -1.89. The molecule has 3 nitrogen and oxygen atoms in total. The molecule has 0 radical (unpaired) electrons. The lowest BCUT2D eigenvalue weighted by molar-refractivity contribution is -0.137. The van der Waals surface area contributed by atoms with Crippen LogP contribution in [0.25, 0.3) is 11.3 Å². The Kier molecular flexibility index (Phi) is 3.24. The third-order valence-corrected chi connectivity index (χ3v) is 4.46. The number of halogens is 3. The number of carboxylic acid groups (broad SMARTS) is 1. The van der Waals surface area contributed by atoms with Crippen molar-refractivity contribution in [3.8, 4) is 11.3 Å². The van der Waals surface area contributed by atoms with Gasteiger partial charge in [-0.05, 0) is 25.0 Å². The average Bonchev–Trinajstić information content (AvgIpc) is 3.16. The molecular formula is C14H10F3NO2S. The summed E-state index contributed by atoms with van der Waals surface area (Å²) in [6.07, 6.45) is -2.44. The summed E-state index contributed by atoms with van der Waals surface area (Å²) in [7, 11) is 0. The van der Waals surface area contributed by atoms with Crippen molar-refractivity contribution in [2.24, 2.45) is 0 Å². The summed E-state index contributed by atoms with van der Waals surface area (Å²) >= 11 is 1.11. The molecule has 0 amide bonds. The molecule has 2 aromatic rings. The molecular weight excluding hydrogens is 303 g/mol. The quantitative estimate of drug-likeness (QED) is 0.913. The summed E-state index contributed by atoms with van der Waals surface area (Å²) in [6.45, 7) is 0. The fourth-order valence-electron chi connectivity index (χ4n) is 2.00. The summed E-state index contributed by atoms with van der Waals surface area (Å²) < 4.78 is 37.6. The molecule has 1 fully saturated rings. The van der Waals surface area contributed by atoms with Crippen molar-refractivity contribution in [3.05, 3.63) is 39.7 Å². The van der Waals surface area contributed by atoms with Gasteiger partial charge in [0.05, 0.1) is 16.3 Å². The van der Waals surface area contributed by atoms with E-state index in [-0.39, 0.29) is 10.6 Å². The molecule has 0 bridgehead atoms. The number of aromatic nitrogens is 1. The zero-order valence-corrected chi connectivity index (χ0v) is 11.5. The smallest absolute Gasteiger partial charge is 0.416 e. The Labute approximate surface area is 122 Å². The molecule has 1 N–H and O–H groups in total. The molecule has 1 aromatic heterocycles. The predicted molar refractivity (Wildman–Crippen MR) is 71.5 cm³/mol. The molecule has 0 atom stereocenters. The molecule has 3 rings (SSSR count). The average molecular weight is 313 g/mol. The first kappa shape index (κ1) is 14.1. The summed E-state index contributed by atoms with van der Waals surface area (Å²) in [5.74, 6) is -0.800. The monoisotopic (exact) mass is 313 g/mol. The van der Waals surface area contributed by atoms with E-state index in [1.807, 2.05) is 0 Å². The van der Waals surface area contributed by atoms with Crippen LogP contribution in [0.3, 0.4) is 0 Å². The van der Waals surface area contributed by atoms with Crippen molar-refractivity contribution < 1.29 is 23.1 Å². The highest BCUT2D eigenvalue weighted by Crippen LogP contribution is 2.44. The fraction of sp³-hybridized carbons (Fsp3) is 0.286. The number of rotatable bonds is 3. The van der Waals surface area contributed by atoms with Gasteiger partial charge in [0.2, 0.25) is 0 Å². The van der Waals surface area contributed by atoms with E-state index < -0.39 is 17.7 Å². The number of aromatic carboxylic acids is 1. The van der Waals surface area contributed by atoms with E-state index in [2.05, 4.69) is 4.98 Å². The number of hydrogen-bond acceptors (Lipinski definition) is 3. The lowest BCUT2D eigenvalue weighted by atomic mass is 10.1. The number of carboxylic acids is 1. The zero-order chi connectivity index (χ0) is 15.2. The van der Waals surface area contributed by atoms with Gasteiger partial charge in [0.15, 0.2) is 0 Å². The maximum absolute atomic E-state index is 12.5. The number of nitrogens with zero attached hydrogens (tertiary/aromatic N) is 1. The number of alkyl halides is 3. The van der Waals surface area contributed by atoms with E-state index in [1.165, 1.54) is 12.1 Å². The number of carbonyl (C=O) groups is 1. The van der Waals surface area contributed by atoms with E-state index in [0.29, 0.717) is 11.5 Å². The van der Waals surface area contributed by atoms with E-state index >= 15 is 0 Å². The van der Waals surface area contributed by atoms with Crippen LogP contribution in [0.5, 0.6) is 0 Å². The largest absolute Gasteiger partial charge is 0.477 e. The van der Waals surface area contributed by atoms with Gasteiger partial charge in [0, 0.05) is 11.5 Å². The van der Waals surface area contributed by atoms with Crippen LogP contribution in [-0.2, 0) is 6.18 Å². The van der Waals surface area contributed by atoms with E-state index in [9.17, 15) is 23.1 Å². The maximum atomic E-state index is 12.5. The van der Waals surface area contributed by atoms with Gasteiger partial charge in [-0.3, -0.25) is 0 Å². The second kappa shape index (κ2) is 4.84. The molecule has 110 valence electrons. The van der Waals surface area contributed by atoms with Gasteiger partial charge in [-0.15, -0.1) is 11.3 Å². The Morgan fingerprint density at radius 2 is 1.86 bits per heavy atom. The molecule has 7 heteroatoms. The summed E-state index contributed by atoms with van der Waals surface area (Å²) in [6, 6.07) is 4.41. The normalized spacial score (nSPS) is 15.2. The molecule has 1 heterocycles. The first-order valence-corrected chi connectivity index (χ1v) is 7.09. The molecule has 0 aliphatic heterocycles. The van der Waals surface area contributed by atoms with Crippen LogP contribution in [0.15, 0.2) is 24.3 Å². The molecule has 1 aliphatic carbocycles. The highest BCUT2D eigenvalue weighted by molar-refractivity contribution is 7.14. The molecule has 0 unspecified atom stereocenters. The van der Waals surface area contributed by atoms with Crippen molar-refractivity contribution in [1.82, 2.24) is 4.98 Å². The Morgan fingerprint density at radius 3 is 2.33 bits per heavy atom. The molecule has 1 aromatic carbocycles. The first-order chi connectivity index (χ1) is 9.86. The maximum Gasteiger partial charge on any atom is 0.416 e. The van der Waals surface area contributed by atoms with E-state index in [4.69, 9.17) is 0 Å². The van der Waals surface area contributed by atoms with Gasteiger partial charge < -0.3 is 5.11 Å². The second-order valence-corrected chi connectivity index (χ2v) is 5.92. The van der Waals surface area contributed by atoms with Crippen LogP contribution in [0, 0.1) is 0 Å². The van der Waals surface area contributed by atoms with Gasteiger partial charge in [-0.1, -0.05) is 12.1 Å². The van der Waals surface area contributed by atoms with Crippen molar-refractivity contribution in [2.45, 2.75) is 24.9 Å². The minimum absolute atomic E-state index is 0.0802. The summed E-state index contributed by atoms with van der Waals surface area (Å²) in [4.78, 5) is 15.7. The van der Waals surface area contributed by atoms with Gasteiger partial charge in [-0.25, -0.2) is 9.78 Å². The number of thiazole rings is 1. The summed E-state index contributed by atoms with van der Waals surface area (Å²) in [5, 5.41) is 9.97. The standard InChI is InChI=1S/C14H10F3NO2S/c15-14(16,17)9-5-3-7(4-6-9)10-11(13(19)20)21-12(18-10)8-1-2-8/h3-6,8H,1-2H2,(H,19,20). The lowest BCUT2D eigenvalue weighted by Crippen LogP contribution is -2.04. The zero-order valence-electron chi connectivity index (χ0n) is 10.6. The van der Waals surface area contributed by atoms with Crippen LogP contribution in [0.4, 0.5) is 13.2 Å². The Morgan fingerprint density at radius 1 is 1.24 bits per heavy atom. The fourth-order valence-corrected chi connectivity index (χ4v) is 3.10. The third-order valence-electron chi connectivity index (χ3n) is 3.25. The van der Waals surface area contributed by atoms with Gasteiger partial charge in [-0.2, -0.15) is 13.2 Å². The molecule has 0 spiro atoms. The SMILES string of the molecule is O=C(O)c1sc(C2CC2)nc1-c1ccc(C(F)(F)F)cc1. The van der Waals surface area contributed by atoms with E-state index in [1.54, 1.807) is 0 Å². The van der Waals surface area contributed by atoms with Crippen molar-refractivity contribution >= 4 is 17.3 Å². The first-order valence-electron chi connectivity index (χ1n) is 6.28. The van der Waals surface area contributed by atoms with Crippen LogP contribution in [0.1, 0.15) is 39.0 Å². The van der Waals surface area contributed by atoms with Crippen LogP contribution < -0.4 is 0 Å². The van der Waals surface area contributed by atoms with Crippen molar-refractivity contribution in [3.63, 3.8) is 0 Å². The molecule has 1 aliphatic rings. The Balaban J connectivity index is 2.01. The topological polar surface area (TPSA) is 50.2 Å². The van der Waals surface area contributed by atoms with Crippen LogP contribution in [0.2, 0.25) is 0 Å². The van der Waals surface area contributed by atoms with Crippen LogP contribution in [-0.4, -0.2) is 16.1 Å². The minimum atomic E-state index is -4.41. The Bertz CT molecular complexity index is 687. The number of benzene rings is 1. The van der Waals surface area contributed by atoms with Gasteiger partial charge in [0.1, 0.15) is 4.88 Å². The number of hydrogen-bond donors (Lipinski definition) is 1.